The maximum atomic E-state index is 13.9. The molecule has 0 saturated carbocycles. The number of hydrogen-bond acceptors (Lipinski definition) is 3. The molecule has 0 aliphatic carbocycles. The third-order valence-corrected chi connectivity index (χ3v) is 8.67. The summed E-state index contributed by atoms with van der Waals surface area (Å²) in [5, 5.41) is 0. The number of rotatable bonds is 6. The number of carbonyl (C=O) groups excluding carboxylic acids is 1. The highest BCUT2D eigenvalue weighted by molar-refractivity contribution is 7.89. The van der Waals surface area contributed by atoms with E-state index in [1.54, 1.807) is 45.6 Å². The van der Waals surface area contributed by atoms with Gasteiger partial charge in [0.05, 0.1) is 10.9 Å². The van der Waals surface area contributed by atoms with E-state index in [0.29, 0.717) is 12.1 Å². The van der Waals surface area contributed by atoms with E-state index < -0.39 is 16.1 Å². The summed E-state index contributed by atoms with van der Waals surface area (Å²) in [6, 6.07) is 37.2. The highest BCUT2D eigenvalue weighted by Gasteiger charge is 2.42. The average molecular weight is 497 g/mol. The maximum absolute atomic E-state index is 13.9. The molecule has 1 aliphatic rings. The van der Waals surface area contributed by atoms with Gasteiger partial charge in [-0.05, 0) is 35.4 Å². The largest absolute Gasteiger partial charge is 0.336 e. The average Bonchev–Trinajstić information content (AvgIpc) is 2.95. The molecule has 182 valence electrons. The van der Waals surface area contributed by atoms with Gasteiger partial charge >= 0.3 is 0 Å². The Hall–Kier alpha value is -3.74. The molecule has 0 N–H and O–H groups in total. The molecule has 0 bridgehead atoms. The molecule has 1 heterocycles. The lowest BCUT2D eigenvalue weighted by Gasteiger charge is -2.44. The molecule has 1 fully saturated rings. The highest BCUT2D eigenvalue weighted by Crippen LogP contribution is 2.36. The molecule has 1 amide bonds. The lowest BCUT2D eigenvalue weighted by atomic mass is 9.84. The summed E-state index contributed by atoms with van der Waals surface area (Å²) in [5.74, 6) is -0.338. The molecule has 4 aromatic rings. The van der Waals surface area contributed by atoms with E-state index in [-0.39, 0.29) is 29.8 Å². The van der Waals surface area contributed by atoms with Gasteiger partial charge in [0.15, 0.2) is 0 Å². The van der Waals surface area contributed by atoms with Crippen molar-refractivity contribution >= 4 is 15.9 Å². The van der Waals surface area contributed by atoms with Crippen LogP contribution in [0.1, 0.15) is 27.4 Å². The van der Waals surface area contributed by atoms with Crippen LogP contribution < -0.4 is 0 Å². The van der Waals surface area contributed by atoms with Crippen LogP contribution in [0.25, 0.3) is 0 Å². The predicted octanol–water partition coefficient (Wildman–Crippen LogP) is 5.03. The molecule has 4 aromatic carbocycles. The van der Waals surface area contributed by atoms with Gasteiger partial charge in [-0.2, -0.15) is 4.31 Å². The Bertz CT molecular complexity index is 1360. The van der Waals surface area contributed by atoms with Gasteiger partial charge in [0, 0.05) is 31.1 Å². The molecule has 1 saturated heterocycles. The molecule has 5 rings (SSSR count). The van der Waals surface area contributed by atoms with Gasteiger partial charge in [-0.15, -0.1) is 0 Å². The summed E-state index contributed by atoms with van der Waals surface area (Å²) in [6.07, 6.45) is 0. The first kappa shape index (κ1) is 24.0. The summed E-state index contributed by atoms with van der Waals surface area (Å²) in [5.41, 5.74) is 2.62. The van der Waals surface area contributed by atoms with Crippen molar-refractivity contribution in [3.05, 3.63) is 138 Å². The van der Waals surface area contributed by atoms with Crippen molar-refractivity contribution in [3.8, 4) is 0 Å². The van der Waals surface area contributed by atoms with Crippen molar-refractivity contribution in [2.45, 2.75) is 16.9 Å². The Balaban J connectivity index is 1.61. The van der Waals surface area contributed by atoms with Crippen LogP contribution in [0.5, 0.6) is 0 Å². The van der Waals surface area contributed by atoms with Crippen molar-refractivity contribution in [2.75, 3.05) is 19.6 Å². The zero-order valence-corrected chi connectivity index (χ0v) is 20.7. The van der Waals surface area contributed by atoms with Gasteiger partial charge in [0.1, 0.15) is 0 Å². The Morgan fingerprint density at radius 3 is 1.67 bits per heavy atom. The molecule has 1 aliphatic heterocycles. The minimum Gasteiger partial charge on any atom is -0.336 e. The Morgan fingerprint density at radius 1 is 0.667 bits per heavy atom. The van der Waals surface area contributed by atoms with Crippen LogP contribution in [0.15, 0.2) is 126 Å². The number of sulfonamides is 1. The van der Waals surface area contributed by atoms with Crippen LogP contribution in [-0.2, 0) is 10.0 Å². The number of piperazine rings is 1. The first-order valence-corrected chi connectivity index (χ1v) is 13.5. The van der Waals surface area contributed by atoms with Crippen LogP contribution in [0.3, 0.4) is 0 Å². The summed E-state index contributed by atoms with van der Waals surface area (Å²) < 4.78 is 29.5. The van der Waals surface area contributed by atoms with Gasteiger partial charge in [0.25, 0.3) is 5.91 Å². The summed E-state index contributed by atoms with van der Waals surface area (Å²) >= 11 is 0. The normalized spacial score (nSPS) is 16.7. The van der Waals surface area contributed by atoms with Crippen LogP contribution >= 0.6 is 0 Å². The van der Waals surface area contributed by atoms with Crippen LogP contribution in [0.2, 0.25) is 0 Å². The first-order valence-electron chi connectivity index (χ1n) is 12.1. The standard InChI is InChI=1S/C30H28N2O3S/c33-30(26-17-9-3-10-18-26)31-21-22-32(36(34,35)27-19-11-4-12-20-27)28(23-31)29(24-13-5-1-6-14-24)25-15-7-2-8-16-25/h1-20,28-29H,21-23H2. The van der Waals surface area contributed by atoms with E-state index in [9.17, 15) is 13.2 Å². The molecular formula is C30H28N2O3S. The maximum Gasteiger partial charge on any atom is 0.253 e. The van der Waals surface area contributed by atoms with Gasteiger partial charge in [-0.25, -0.2) is 8.42 Å². The quantitative estimate of drug-likeness (QED) is 0.376. The second-order valence-electron chi connectivity index (χ2n) is 8.91. The number of amides is 1. The topological polar surface area (TPSA) is 57.7 Å². The molecular weight excluding hydrogens is 468 g/mol. The van der Waals surface area contributed by atoms with E-state index in [1.165, 1.54) is 0 Å². The first-order chi connectivity index (χ1) is 17.6. The number of hydrogen-bond donors (Lipinski definition) is 0. The van der Waals surface area contributed by atoms with Crippen molar-refractivity contribution in [1.29, 1.82) is 0 Å². The van der Waals surface area contributed by atoms with Gasteiger partial charge in [-0.1, -0.05) is 97.1 Å². The van der Waals surface area contributed by atoms with Gasteiger partial charge < -0.3 is 4.90 Å². The number of carbonyl (C=O) groups is 1. The second kappa shape index (κ2) is 10.5. The summed E-state index contributed by atoms with van der Waals surface area (Å²) in [7, 11) is -3.79. The van der Waals surface area contributed by atoms with Gasteiger partial charge in [0.2, 0.25) is 10.0 Å². The fourth-order valence-electron chi connectivity index (χ4n) is 5.00. The summed E-state index contributed by atoms with van der Waals surface area (Å²) in [6.45, 7) is 0.831. The smallest absolute Gasteiger partial charge is 0.253 e. The number of benzene rings is 4. The molecule has 1 unspecified atom stereocenters. The highest BCUT2D eigenvalue weighted by atomic mass is 32.2. The molecule has 6 heteroatoms. The molecule has 1 atom stereocenters. The molecule has 0 spiro atoms. The molecule has 0 aromatic heterocycles. The Labute approximate surface area is 212 Å². The van der Waals surface area contributed by atoms with Gasteiger partial charge in [-0.3, -0.25) is 4.79 Å². The monoisotopic (exact) mass is 496 g/mol. The molecule has 0 radical (unpaired) electrons. The van der Waals surface area contributed by atoms with Crippen molar-refractivity contribution < 1.29 is 13.2 Å². The SMILES string of the molecule is O=C(c1ccccc1)N1CCN(S(=O)(=O)c2ccccc2)C(C(c2ccccc2)c2ccccc2)C1. The minimum absolute atomic E-state index is 0.0859. The predicted molar refractivity (Wildman–Crippen MR) is 141 cm³/mol. The molecule has 5 nitrogen and oxygen atoms in total. The zero-order chi connectivity index (χ0) is 25.0. The van der Waals surface area contributed by atoms with Crippen molar-refractivity contribution in [2.24, 2.45) is 0 Å². The minimum atomic E-state index is -3.79. The summed E-state index contributed by atoms with van der Waals surface area (Å²) in [4.78, 5) is 15.5. The van der Waals surface area contributed by atoms with E-state index in [1.807, 2.05) is 84.9 Å². The van der Waals surface area contributed by atoms with Crippen molar-refractivity contribution in [3.63, 3.8) is 0 Å². The van der Waals surface area contributed by atoms with Crippen LogP contribution in [-0.4, -0.2) is 49.2 Å². The lowest BCUT2D eigenvalue weighted by Crippen LogP contribution is -2.58. The fraction of sp³-hybridized carbons (Fsp3) is 0.167. The van der Waals surface area contributed by atoms with E-state index in [0.717, 1.165) is 11.1 Å². The van der Waals surface area contributed by atoms with Crippen LogP contribution in [0, 0.1) is 0 Å². The van der Waals surface area contributed by atoms with E-state index >= 15 is 0 Å². The van der Waals surface area contributed by atoms with Crippen LogP contribution in [0.4, 0.5) is 0 Å². The lowest BCUT2D eigenvalue weighted by molar-refractivity contribution is 0.0613. The van der Waals surface area contributed by atoms with Crippen molar-refractivity contribution in [1.82, 2.24) is 9.21 Å². The fourth-order valence-corrected chi connectivity index (χ4v) is 6.64. The number of nitrogens with zero attached hydrogens (tertiary/aromatic N) is 2. The zero-order valence-electron chi connectivity index (χ0n) is 19.9. The Kier molecular flexibility index (Phi) is 6.98. The Morgan fingerprint density at radius 2 is 1.14 bits per heavy atom. The van der Waals surface area contributed by atoms with E-state index in [2.05, 4.69) is 0 Å². The third kappa shape index (κ3) is 4.83. The van der Waals surface area contributed by atoms with E-state index in [4.69, 9.17) is 0 Å². The molecule has 36 heavy (non-hydrogen) atoms. The third-order valence-electron chi connectivity index (χ3n) is 6.73. The second-order valence-corrected chi connectivity index (χ2v) is 10.8.